The highest BCUT2D eigenvalue weighted by atomic mass is 16.4. The molecule has 0 fully saturated rings. The van der Waals surface area contributed by atoms with Crippen LogP contribution in [0.1, 0.15) is 6.42 Å². The van der Waals surface area contributed by atoms with Crippen LogP contribution in [0.5, 0.6) is 0 Å². The number of hydrogen-bond donors (Lipinski definition) is 1. The summed E-state index contributed by atoms with van der Waals surface area (Å²) in [6, 6.07) is 0. The smallest absolute Gasteiger partial charge is 0.315 e. The molecule has 6 heavy (non-hydrogen) atoms. The van der Waals surface area contributed by atoms with Crippen molar-refractivity contribution in [1.29, 1.82) is 0 Å². The average Bonchev–Trinajstić information content (AvgIpc) is 1.35. The largest absolute Gasteiger partial charge is 0.481 e. The molecule has 0 saturated heterocycles. The highest BCUT2D eigenvalue weighted by Gasteiger charge is 1.84. The van der Waals surface area contributed by atoms with E-state index in [1.807, 2.05) is 5.92 Å². The lowest BCUT2D eigenvalue weighted by atomic mass is 10.5. The van der Waals surface area contributed by atoms with Gasteiger partial charge in [-0.1, -0.05) is 5.92 Å². The summed E-state index contributed by atoms with van der Waals surface area (Å²) in [6.45, 7) is 0. The third-order valence-corrected chi connectivity index (χ3v) is 0.253. The summed E-state index contributed by atoms with van der Waals surface area (Å²) in [7, 11) is 0. The second-order valence-electron chi connectivity index (χ2n) is 0.775. The standard InChI is InChI=1S/C4H4O2/c1-2-3-4(5)6/h1H,3H2,(H,5,6). The Morgan fingerprint density at radius 2 is 2.50 bits per heavy atom. The Bertz CT molecular complexity index is 88.2. The van der Waals surface area contributed by atoms with Gasteiger partial charge in [-0.05, 0) is 0 Å². The quantitative estimate of drug-likeness (QED) is 0.457. The maximum Gasteiger partial charge on any atom is 0.315 e. The van der Waals surface area contributed by atoms with Gasteiger partial charge >= 0.3 is 5.97 Å². The molecule has 0 heterocycles. The van der Waals surface area contributed by atoms with E-state index in [0.717, 1.165) is 0 Å². The number of aliphatic carboxylic acids is 1. The molecule has 0 unspecified atom stereocenters. The second kappa shape index (κ2) is 2.28. The minimum atomic E-state index is -0.947. The predicted molar refractivity (Wildman–Crippen MR) is 21.1 cm³/mol. The summed E-state index contributed by atoms with van der Waals surface area (Å²) >= 11 is 0. The highest BCUT2D eigenvalue weighted by molar-refractivity contribution is 5.69. The Morgan fingerprint density at radius 1 is 2.00 bits per heavy atom. The number of hydrogen-bond acceptors (Lipinski definition) is 1. The molecule has 0 bridgehead atoms. The number of carboxylic acid groups (broad SMARTS) is 1. The lowest BCUT2D eigenvalue weighted by Gasteiger charge is -1.72. The van der Waals surface area contributed by atoms with Crippen molar-refractivity contribution in [3.05, 3.63) is 0 Å². The number of terminal acetylenes is 1. The van der Waals surface area contributed by atoms with E-state index in [1.54, 1.807) is 0 Å². The molecule has 32 valence electrons. The van der Waals surface area contributed by atoms with Crippen LogP contribution in [0.3, 0.4) is 0 Å². The van der Waals surface area contributed by atoms with Gasteiger partial charge in [0.05, 0.1) is 0 Å². The number of rotatable bonds is 1. The van der Waals surface area contributed by atoms with Crippen LogP contribution in [0.2, 0.25) is 0 Å². The van der Waals surface area contributed by atoms with Crippen LogP contribution >= 0.6 is 0 Å². The fraction of sp³-hybridized carbons (Fsp3) is 0.250. The van der Waals surface area contributed by atoms with Crippen molar-refractivity contribution in [2.24, 2.45) is 0 Å². The molecular weight excluding hydrogens is 80.0 g/mol. The summed E-state index contributed by atoms with van der Waals surface area (Å²) in [4.78, 5) is 9.46. The molecule has 0 spiro atoms. The molecule has 2 heteroatoms. The first-order valence-electron chi connectivity index (χ1n) is 1.42. The Morgan fingerprint density at radius 3 is 2.50 bits per heavy atom. The molecule has 0 aromatic carbocycles. The van der Waals surface area contributed by atoms with E-state index in [0.29, 0.717) is 0 Å². The third kappa shape index (κ3) is 3.03. The van der Waals surface area contributed by atoms with Crippen LogP contribution in [0.15, 0.2) is 0 Å². The molecule has 0 aromatic heterocycles. The summed E-state index contributed by atoms with van der Waals surface area (Å²) in [5.41, 5.74) is 0. The lowest BCUT2D eigenvalue weighted by Crippen LogP contribution is -1.88. The van der Waals surface area contributed by atoms with Gasteiger partial charge in [-0.3, -0.25) is 4.79 Å². The Hall–Kier alpha value is -0.970. The van der Waals surface area contributed by atoms with Gasteiger partial charge in [0.25, 0.3) is 0 Å². The molecule has 0 radical (unpaired) electrons. The van der Waals surface area contributed by atoms with Gasteiger partial charge in [-0.15, -0.1) is 6.42 Å². The first-order valence-corrected chi connectivity index (χ1v) is 1.42. The Balaban J connectivity index is 3.13. The maximum absolute atomic E-state index is 9.46. The van der Waals surface area contributed by atoms with Gasteiger partial charge in [-0.25, -0.2) is 0 Å². The van der Waals surface area contributed by atoms with E-state index >= 15 is 0 Å². The molecule has 0 aliphatic heterocycles. The summed E-state index contributed by atoms with van der Waals surface area (Å²) in [5.74, 6) is 1.02. The molecule has 0 aromatic rings. The molecule has 0 rings (SSSR count). The SMILES string of the molecule is C#CCC(=O)O. The maximum atomic E-state index is 9.46. The van der Waals surface area contributed by atoms with E-state index in [9.17, 15) is 4.79 Å². The topological polar surface area (TPSA) is 37.3 Å². The minimum Gasteiger partial charge on any atom is -0.481 e. The van der Waals surface area contributed by atoms with E-state index < -0.39 is 5.97 Å². The van der Waals surface area contributed by atoms with Crippen LogP contribution in [0, 0.1) is 12.3 Å². The molecule has 0 amide bonds. The predicted octanol–water partition coefficient (Wildman–Crippen LogP) is 0.0943. The average molecular weight is 84.1 g/mol. The van der Waals surface area contributed by atoms with E-state index in [1.165, 1.54) is 0 Å². The fourth-order valence-electron chi connectivity index (χ4n) is 0.0873. The first-order chi connectivity index (χ1) is 2.77. The highest BCUT2D eigenvalue weighted by Crippen LogP contribution is 1.68. The third-order valence-electron chi connectivity index (χ3n) is 0.253. The zero-order valence-corrected chi connectivity index (χ0v) is 3.14. The van der Waals surface area contributed by atoms with Gasteiger partial charge < -0.3 is 5.11 Å². The van der Waals surface area contributed by atoms with Gasteiger partial charge in [0.15, 0.2) is 0 Å². The monoisotopic (exact) mass is 84.0 g/mol. The van der Waals surface area contributed by atoms with Crippen LogP contribution in [0.25, 0.3) is 0 Å². The molecular formula is C4H4O2. The minimum absolute atomic E-state index is 0.181. The van der Waals surface area contributed by atoms with Crippen LogP contribution in [-0.4, -0.2) is 11.1 Å². The first kappa shape index (κ1) is 5.03. The fourth-order valence-corrected chi connectivity index (χ4v) is 0.0873. The van der Waals surface area contributed by atoms with Gasteiger partial charge in [0, 0.05) is 0 Å². The van der Waals surface area contributed by atoms with Crippen molar-refractivity contribution in [3.8, 4) is 12.3 Å². The summed E-state index contributed by atoms with van der Waals surface area (Å²) in [5, 5.41) is 7.77. The molecule has 0 aliphatic rings. The van der Waals surface area contributed by atoms with Crippen molar-refractivity contribution in [3.63, 3.8) is 0 Å². The van der Waals surface area contributed by atoms with Gasteiger partial charge in [-0.2, -0.15) is 0 Å². The van der Waals surface area contributed by atoms with E-state index in [4.69, 9.17) is 5.11 Å². The normalized spacial score (nSPS) is 6.50. The second-order valence-corrected chi connectivity index (χ2v) is 0.775. The molecule has 1 N–H and O–H groups in total. The zero-order chi connectivity index (χ0) is 4.99. The van der Waals surface area contributed by atoms with E-state index in [-0.39, 0.29) is 6.42 Å². The van der Waals surface area contributed by atoms with Crippen molar-refractivity contribution in [2.45, 2.75) is 6.42 Å². The van der Waals surface area contributed by atoms with Crippen LogP contribution in [0.4, 0.5) is 0 Å². The molecule has 0 atom stereocenters. The Labute approximate surface area is 35.8 Å². The number of carbonyl (C=O) groups is 1. The van der Waals surface area contributed by atoms with Crippen molar-refractivity contribution < 1.29 is 9.90 Å². The lowest BCUT2D eigenvalue weighted by molar-refractivity contribution is -0.135. The number of carboxylic acids is 1. The van der Waals surface area contributed by atoms with Gasteiger partial charge in [0.2, 0.25) is 0 Å². The molecule has 0 aliphatic carbocycles. The van der Waals surface area contributed by atoms with Crippen LogP contribution in [-0.2, 0) is 4.79 Å². The van der Waals surface area contributed by atoms with Crippen molar-refractivity contribution in [2.75, 3.05) is 0 Å². The van der Waals surface area contributed by atoms with Crippen LogP contribution < -0.4 is 0 Å². The summed E-state index contributed by atoms with van der Waals surface area (Å²) < 4.78 is 0. The van der Waals surface area contributed by atoms with Crippen molar-refractivity contribution in [1.82, 2.24) is 0 Å². The molecule has 0 saturated carbocycles. The zero-order valence-electron chi connectivity index (χ0n) is 3.14. The van der Waals surface area contributed by atoms with E-state index in [2.05, 4.69) is 6.42 Å². The van der Waals surface area contributed by atoms with Gasteiger partial charge in [0.1, 0.15) is 6.42 Å². The summed E-state index contributed by atoms with van der Waals surface area (Å²) in [6.07, 6.45) is 4.42. The van der Waals surface area contributed by atoms with Crippen molar-refractivity contribution >= 4 is 5.97 Å². The molecule has 2 nitrogen and oxygen atoms in total. The Kier molecular flexibility index (Phi) is 1.91.